The summed E-state index contributed by atoms with van der Waals surface area (Å²) in [6.45, 7) is 0. The zero-order valence-corrected chi connectivity index (χ0v) is 9.09. The third-order valence-corrected chi connectivity index (χ3v) is 2.33. The van der Waals surface area contributed by atoms with E-state index in [-0.39, 0.29) is 5.75 Å². The fourth-order valence-corrected chi connectivity index (χ4v) is 1.47. The van der Waals surface area contributed by atoms with Crippen molar-refractivity contribution in [3.8, 4) is 17.2 Å². The first-order valence-corrected chi connectivity index (χ1v) is 4.85. The number of ether oxygens (including phenoxy) is 2. The van der Waals surface area contributed by atoms with E-state index in [1.807, 2.05) is 0 Å². The molecule has 72 valence electrons. The van der Waals surface area contributed by atoms with E-state index < -0.39 is 0 Å². The highest BCUT2D eigenvalue weighted by Crippen LogP contribution is 2.34. The van der Waals surface area contributed by atoms with Gasteiger partial charge in [-0.3, -0.25) is 0 Å². The highest BCUT2D eigenvalue weighted by atomic mass is 79.9. The Morgan fingerprint density at radius 1 is 1.23 bits per heavy atom. The average Bonchev–Trinajstić information content (AvgIpc) is 2.17. The highest BCUT2D eigenvalue weighted by molar-refractivity contribution is 9.08. The summed E-state index contributed by atoms with van der Waals surface area (Å²) in [6.07, 6.45) is 0. The number of methoxy groups -OCH3 is 2. The van der Waals surface area contributed by atoms with Crippen molar-refractivity contribution in [3.05, 3.63) is 17.7 Å². The third kappa shape index (κ3) is 2.06. The van der Waals surface area contributed by atoms with Crippen LogP contribution in [0.2, 0.25) is 0 Å². The second kappa shape index (κ2) is 4.37. The Balaban J connectivity index is 3.18. The number of aromatic hydroxyl groups is 1. The molecule has 1 N–H and O–H groups in total. The maximum atomic E-state index is 9.48. The Morgan fingerprint density at radius 2 is 1.77 bits per heavy atom. The summed E-state index contributed by atoms with van der Waals surface area (Å²) in [7, 11) is 3.10. The number of phenols is 1. The van der Waals surface area contributed by atoms with E-state index in [4.69, 9.17) is 9.47 Å². The van der Waals surface area contributed by atoms with Crippen LogP contribution in [0.25, 0.3) is 0 Å². The van der Waals surface area contributed by atoms with Crippen molar-refractivity contribution in [2.75, 3.05) is 14.2 Å². The van der Waals surface area contributed by atoms with Crippen LogP contribution in [0.3, 0.4) is 0 Å². The van der Waals surface area contributed by atoms with Crippen LogP contribution in [-0.4, -0.2) is 19.3 Å². The molecule has 0 bridgehead atoms. The molecular weight excluding hydrogens is 236 g/mol. The van der Waals surface area contributed by atoms with Gasteiger partial charge in [-0.1, -0.05) is 15.9 Å². The lowest BCUT2D eigenvalue weighted by Gasteiger charge is -2.09. The second-order valence-electron chi connectivity index (χ2n) is 2.47. The first-order chi connectivity index (χ1) is 6.22. The fourth-order valence-electron chi connectivity index (χ4n) is 1.02. The molecule has 13 heavy (non-hydrogen) atoms. The van der Waals surface area contributed by atoms with Gasteiger partial charge in [0.05, 0.1) is 14.2 Å². The standard InChI is InChI=1S/C9H11BrO3/c1-12-8-3-6(5-10)7(11)4-9(8)13-2/h3-4,11H,5H2,1-2H3. The summed E-state index contributed by atoms with van der Waals surface area (Å²) in [4.78, 5) is 0. The van der Waals surface area contributed by atoms with E-state index in [2.05, 4.69) is 15.9 Å². The minimum absolute atomic E-state index is 0.203. The molecule has 0 aromatic heterocycles. The lowest BCUT2D eigenvalue weighted by molar-refractivity contribution is 0.350. The molecular formula is C9H11BrO3. The van der Waals surface area contributed by atoms with E-state index in [1.54, 1.807) is 13.2 Å². The van der Waals surface area contributed by atoms with E-state index in [9.17, 15) is 5.11 Å². The van der Waals surface area contributed by atoms with Gasteiger partial charge in [0.25, 0.3) is 0 Å². The monoisotopic (exact) mass is 246 g/mol. The minimum Gasteiger partial charge on any atom is -0.507 e. The van der Waals surface area contributed by atoms with Crippen molar-refractivity contribution in [3.63, 3.8) is 0 Å². The van der Waals surface area contributed by atoms with Crippen LogP contribution in [-0.2, 0) is 5.33 Å². The van der Waals surface area contributed by atoms with Crippen LogP contribution >= 0.6 is 15.9 Å². The lowest BCUT2D eigenvalue weighted by Crippen LogP contribution is -1.92. The molecule has 0 aliphatic carbocycles. The smallest absolute Gasteiger partial charge is 0.164 e. The second-order valence-corrected chi connectivity index (χ2v) is 3.03. The number of rotatable bonds is 3. The maximum absolute atomic E-state index is 9.48. The van der Waals surface area contributed by atoms with Crippen molar-refractivity contribution in [2.45, 2.75) is 5.33 Å². The first-order valence-electron chi connectivity index (χ1n) is 3.72. The Bertz CT molecular complexity index is 299. The van der Waals surface area contributed by atoms with E-state index >= 15 is 0 Å². The number of phenolic OH excluding ortho intramolecular Hbond substituents is 1. The summed E-state index contributed by atoms with van der Waals surface area (Å²) >= 11 is 3.26. The molecule has 1 rings (SSSR count). The van der Waals surface area contributed by atoms with Crippen LogP contribution in [0.4, 0.5) is 0 Å². The predicted molar refractivity (Wildman–Crippen MR) is 53.8 cm³/mol. The Morgan fingerprint density at radius 3 is 2.23 bits per heavy atom. The molecule has 1 aromatic carbocycles. The zero-order valence-electron chi connectivity index (χ0n) is 7.50. The molecule has 0 aliphatic rings. The Labute approximate surface area is 85.4 Å². The van der Waals surface area contributed by atoms with Crippen molar-refractivity contribution < 1.29 is 14.6 Å². The molecule has 0 amide bonds. The fraction of sp³-hybridized carbons (Fsp3) is 0.333. The van der Waals surface area contributed by atoms with Gasteiger partial charge in [-0.05, 0) is 6.07 Å². The first kappa shape index (κ1) is 10.2. The largest absolute Gasteiger partial charge is 0.507 e. The predicted octanol–water partition coefficient (Wildman–Crippen LogP) is 2.30. The number of hydrogen-bond acceptors (Lipinski definition) is 3. The van der Waals surface area contributed by atoms with Gasteiger partial charge in [0.2, 0.25) is 0 Å². The van der Waals surface area contributed by atoms with Gasteiger partial charge in [-0.2, -0.15) is 0 Å². The van der Waals surface area contributed by atoms with Crippen LogP contribution in [0, 0.1) is 0 Å². The third-order valence-electron chi connectivity index (χ3n) is 1.73. The van der Waals surface area contributed by atoms with Gasteiger partial charge >= 0.3 is 0 Å². The van der Waals surface area contributed by atoms with Crippen LogP contribution in [0.5, 0.6) is 17.2 Å². The van der Waals surface area contributed by atoms with Gasteiger partial charge in [0.1, 0.15) is 5.75 Å². The molecule has 0 heterocycles. The molecule has 0 atom stereocenters. The quantitative estimate of drug-likeness (QED) is 0.833. The maximum Gasteiger partial charge on any atom is 0.164 e. The lowest BCUT2D eigenvalue weighted by atomic mass is 10.2. The topological polar surface area (TPSA) is 38.7 Å². The summed E-state index contributed by atoms with van der Waals surface area (Å²) in [6, 6.07) is 3.28. The van der Waals surface area contributed by atoms with Crippen molar-refractivity contribution in [2.24, 2.45) is 0 Å². The van der Waals surface area contributed by atoms with E-state index in [1.165, 1.54) is 13.2 Å². The molecule has 0 radical (unpaired) electrons. The number of alkyl halides is 1. The van der Waals surface area contributed by atoms with Gasteiger partial charge in [0.15, 0.2) is 11.5 Å². The molecule has 3 nitrogen and oxygen atoms in total. The number of halogens is 1. The molecule has 0 saturated carbocycles. The summed E-state index contributed by atoms with van der Waals surface area (Å²) in [5, 5.41) is 10.1. The van der Waals surface area contributed by atoms with Crippen LogP contribution in [0.15, 0.2) is 12.1 Å². The number of benzene rings is 1. The normalized spacial score (nSPS) is 9.77. The molecule has 4 heteroatoms. The Hall–Kier alpha value is -0.900. The number of hydrogen-bond donors (Lipinski definition) is 1. The molecule has 0 aliphatic heterocycles. The SMILES string of the molecule is COc1cc(O)c(CBr)cc1OC. The molecule has 0 saturated heterocycles. The van der Waals surface area contributed by atoms with Crippen molar-refractivity contribution >= 4 is 15.9 Å². The molecule has 0 unspecified atom stereocenters. The van der Waals surface area contributed by atoms with E-state index in [0.29, 0.717) is 16.8 Å². The highest BCUT2D eigenvalue weighted by Gasteiger charge is 2.08. The summed E-state index contributed by atoms with van der Waals surface area (Å²) in [5.41, 5.74) is 0.776. The van der Waals surface area contributed by atoms with Crippen molar-refractivity contribution in [1.82, 2.24) is 0 Å². The Kier molecular flexibility index (Phi) is 3.42. The summed E-state index contributed by atoms with van der Waals surface area (Å²) in [5.74, 6) is 1.36. The zero-order chi connectivity index (χ0) is 9.84. The van der Waals surface area contributed by atoms with Gasteiger partial charge in [-0.15, -0.1) is 0 Å². The minimum atomic E-state index is 0.203. The van der Waals surface area contributed by atoms with Crippen molar-refractivity contribution in [1.29, 1.82) is 0 Å². The molecule has 0 spiro atoms. The molecule has 0 fully saturated rings. The van der Waals surface area contributed by atoms with Gasteiger partial charge in [0, 0.05) is 17.0 Å². The van der Waals surface area contributed by atoms with Gasteiger partial charge in [-0.25, -0.2) is 0 Å². The van der Waals surface area contributed by atoms with E-state index in [0.717, 1.165) is 5.56 Å². The van der Waals surface area contributed by atoms with Crippen LogP contribution < -0.4 is 9.47 Å². The van der Waals surface area contributed by atoms with Gasteiger partial charge < -0.3 is 14.6 Å². The molecule has 1 aromatic rings. The van der Waals surface area contributed by atoms with Crippen LogP contribution in [0.1, 0.15) is 5.56 Å². The average molecular weight is 247 g/mol. The summed E-state index contributed by atoms with van der Waals surface area (Å²) < 4.78 is 10.1.